The van der Waals surface area contributed by atoms with E-state index in [0.717, 1.165) is 0 Å². The molecule has 312 valence electrons. The van der Waals surface area contributed by atoms with Crippen molar-refractivity contribution in [2.45, 2.75) is 76.1 Å². The zero-order chi connectivity index (χ0) is 39.8. The number of rotatable bonds is 28. The van der Waals surface area contributed by atoms with E-state index in [9.17, 15) is 34.8 Å². The molecule has 0 unspecified atom stereocenters. The fourth-order valence-corrected chi connectivity index (χ4v) is 5.07. The molecule has 0 radical (unpaired) electrons. The van der Waals surface area contributed by atoms with Crippen molar-refractivity contribution >= 4 is 17.9 Å². The van der Waals surface area contributed by atoms with Crippen LogP contribution in [0.15, 0.2) is 9.52 Å². The number of nitrogens with zero attached hydrogens (tertiary/aromatic N) is 4. The van der Waals surface area contributed by atoms with Crippen molar-refractivity contribution in [1.82, 2.24) is 34.5 Å². The van der Waals surface area contributed by atoms with Gasteiger partial charge in [0, 0.05) is 19.2 Å². The van der Waals surface area contributed by atoms with Crippen LogP contribution in [0.25, 0.3) is 0 Å². The number of aliphatic hydroxyl groups is 4. The zero-order valence-electron chi connectivity index (χ0n) is 30.7. The molecule has 24 heteroatoms. The molecule has 1 aromatic heterocycles. The first-order chi connectivity index (χ1) is 25.8. The Bertz CT molecular complexity index is 1230. The molecular formula is C30H55IN9O14-. The normalized spacial score (nSPS) is 20.7. The standard InChI is InChI=1S/C30H55IN9O14/c1-30(2,3)54-29(47)36-21(27(46)34-5-9-49-12-13-50-10-6-35-31-38-32)16-20-17-40(39-37-20)7-11-51-15-14-48-8-4-33-23(42)19-52-28-26(45)25(44)24(43)22(18-41)53-28/h17,21-22,24-26,28,32,35,41,43-45H,4-16,18-19H2,1-3H3,(H,33,42)(H,34,46)(H,36,47)/q-1/t21-,22+,24+,25-,26+,28+/m0/s1. The van der Waals surface area contributed by atoms with Gasteiger partial charge in [-0.05, 0) is 20.8 Å². The molecule has 1 saturated heterocycles. The van der Waals surface area contributed by atoms with Crippen molar-refractivity contribution < 1.29 is 89.7 Å². The molecule has 23 nitrogen and oxygen atoms in total. The van der Waals surface area contributed by atoms with Gasteiger partial charge >= 0.3 is 111 Å². The van der Waals surface area contributed by atoms with Crippen LogP contribution in [-0.4, -0.2) is 181 Å². The fraction of sp³-hybridized carbons (Fsp3) is 0.833. The van der Waals surface area contributed by atoms with Crippen LogP contribution >= 0.6 is 0 Å². The first-order valence-electron chi connectivity index (χ1n) is 17.2. The molecular weight excluding hydrogens is 837 g/mol. The molecule has 0 aliphatic carbocycles. The summed E-state index contributed by atoms with van der Waals surface area (Å²) in [4.78, 5) is 37.5. The van der Waals surface area contributed by atoms with E-state index < -0.39 is 95.2 Å². The summed E-state index contributed by atoms with van der Waals surface area (Å²) in [5.41, 5.74) is 6.44. The number of hydrogen-bond donors (Lipinski definition) is 9. The Balaban J connectivity index is 1.63. The van der Waals surface area contributed by atoms with Crippen LogP contribution < -0.4 is 41.2 Å². The molecule has 54 heavy (non-hydrogen) atoms. The van der Waals surface area contributed by atoms with Gasteiger partial charge in [-0.1, -0.05) is 5.21 Å². The van der Waals surface area contributed by atoms with Gasteiger partial charge in [0.2, 0.25) is 5.91 Å². The summed E-state index contributed by atoms with van der Waals surface area (Å²) in [7, 11) is 0. The van der Waals surface area contributed by atoms with Crippen molar-refractivity contribution in [1.29, 1.82) is 5.53 Å². The molecule has 0 saturated carbocycles. The second-order valence-corrected chi connectivity index (χ2v) is 14.3. The Morgan fingerprint density at radius 2 is 1.57 bits per heavy atom. The Morgan fingerprint density at radius 3 is 2.20 bits per heavy atom. The number of hydrogen-bond acceptors (Lipinski definition) is 19. The first kappa shape index (κ1) is 47.4. The van der Waals surface area contributed by atoms with Crippen LogP contribution in [0.1, 0.15) is 26.5 Å². The molecule has 1 fully saturated rings. The summed E-state index contributed by atoms with van der Waals surface area (Å²) in [6, 6.07) is -0.993. The third kappa shape index (κ3) is 20.2. The van der Waals surface area contributed by atoms with Gasteiger partial charge in [-0.3, -0.25) is 4.79 Å². The van der Waals surface area contributed by atoms with E-state index in [2.05, 4.69) is 33.1 Å². The minimum absolute atomic E-state index is 0.0503. The van der Waals surface area contributed by atoms with Crippen LogP contribution in [0.4, 0.5) is 4.79 Å². The molecule has 6 atom stereocenters. The maximum absolute atomic E-state index is 13.0. The van der Waals surface area contributed by atoms with Crippen LogP contribution in [0.2, 0.25) is 0 Å². The molecule has 1 aliphatic rings. The van der Waals surface area contributed by atoms with Crippen LogP contribution in [0.5, 0.6) is 0 Å². The summed E-state index contributed by atoms with van der Waals surface area (Å²) in [6.07, 6.45) is -6.33. The van der Waals surface area contributed by atoms with Gasteiger partial charge < -0.3 is 54.7 Å². The Labute approximate surface area is 323 Å². The summed E-state index contributed by atoms with van der Waals surface area (Å²) < 4.78 is 45.4. The van der Waals surface area contributed by atoms with Crippen molar-refractivity contribution in [3.05, 3.63) is 11.9 Å². The average Bonchev–Trinajstić information content (AvgIpc) is 3.57. The Hall–Kier alpha value is -2.76. The van der Waals surface area contributed by atoms with Crippen LogP contribution in [-0.2, 0) is 55.7 Å². The van der Waals surface area contributed by atoms with Crippen LogP contribution in [0.3, 0.4) is 0 Å². The third-order valence-corrected chi connectivity index (χ3v) is 8.12. The molecule has 1 aromatic rings. The van der Waals surface area contributed by atoms with Crippen molar-refractivity contribution in [3.8, 4) is 0 Å². The number of alkyl carbamates (subject to hydrolysis) is 1. The minimum atomic E-state index is -1.60. The summed E-state index contributed by atoms with van der Waals surface area (Å²) >= 11 is -0.650. The second-order valence-electron chi connectivity index (χ2n) is 12.5. The quantitative estimate of drug-likeness (QED) is 0.0164. The molecule has 2 heterocycles. The van der Waals surface area contributed by atoms with Crippen molar-refractivity contribution in [3.63, 3.8) is 0 Å². The number of halogens is 1. The van der Waals surface area contributed by atoms with E-state index >= 15 is 0 Å². The number of amides is 3. The SMILES string of the molecule is CC(C)(C)OC(=O)N[C@@H](Cc1cn(CCOCCOCCNC(=O)CO[C@@H]2O[C@H](CO)[C@@H](O)[C@H](O)[C@H]2O)nn1)C(=O)NCCOCCOCCN[I-]N=N. The number of carbonyl (C=O) groups excluding carboxylic acids is 3. The summed E-state index contributed by atoms with van der Waals surface area (Å²) in [6.45, 7) is 7.77. The molecule has 0 bridgehead atoms. The van der Waals surface area contributed by atoms with Crippen LogP contribution in [0, 0.1) is 5.53 Å². The maximum atomic E-state index is 13.0. The number of ether oxygens (including phenoxy) is 7. The van der Waals surface area contributed by atoms with E-state index in [1.807, 2.05) is 0 Å². The average molecular weight is 893 g/mol. The third-order valence-electron chi connectivity index (χ3n) is 7.00. The Kier molecular flexibility index (Phi) is 23.6. The molecule has 2 rings (SSSR count). The topological polar surface area (TPSA) is 312 Å². The number of nitrogens with one attached hydrogen (secondary N) is 5. The molecule has 0 aromatic carbocycles. The summed E-state index contributed by atoms with van der Waals surface area (Å²) in [5.74, 6) is -0.983. The number of aromatic nitrogens is 3. The van der Waals surface area contributed by atoms with Gasteiger partial charge in [-0.2, -0.15) is 0 Å². The van der Waals surface area contributed by atoms with Crippen molar-refractivity contribution in [2.24, 2.45) is 3.33 Å². The molecule has 9 N–H and O–H groups in total. The van der Waals surface area contributed by atoms with Gasteiger partial charge in [-0.25, -0.2) is 9.48 Å². The van der Waals surface area contributed by atoms with E-state index in [4.69, 9.17) is 38.7 Å². The Morgan fingerprint density at radius 1 is 0.944 bits per heavy atom. The first-order valence-corrected chi connectivity index (χ1v) is 19.3. The van der Waals surface area contributed by atoms with E-state index in [1.165, 1.54) is 0 Å². The summed E-state index contributed by atoms with van der Waals surface area (Å²) in [5, 5.41) is 54.8. The monoisotopic (exact) mass is 892 g/mol. The van der Waals surface area contributed by atoms with Gasteiger partial charge in [0.1, 0.15) is 36.6 Å². The van der Waals surface area contributed by atoms with Gasteiger partial charge in [0.05, 0.1) is 45.3 Å². The predicted octanol–water partition coefficient (Wildman–Crippen LogP) is -6.63. The number of carbonyl (C=O) groups is 3. The molecule has 3 amide bonds. The van der Waals surface area contributed by atoms with Gasteiger partial charge in [-0.15, -0.1) is 5.10 Å². The van der Waals surface area contributed by atoms with E-state index in [0.29, 0.717) is 38.6 Å². The van der Waals surface area contributed by atoms with E-state index in [1.54, 1.807) is 31.6 Å². The second kappa shape index (κ2) is 26.9. The molecule has 1 aliphatic heterocycles. The zero-order valence-corrected chi connectivity index (χ0v) is 32.8. The van der Waals surface area contributed by atoms with Gasteiger partial charge in [0.15, 0.2) is 6.29 Å². The predicted molar refractivity (Wildman–Crippen MR) is 179 cm³/mol. The number of aliphatic hydroxyl groups excluding tert-OH is 4. The van der Waals surface area contributed by atoms with Crippen molar-refractivity contribution in [2.75, 3.05) is 85.7 Å². The van der Waals surface area contributed by atoms with Gasteiger partial charge in [0.25, 0.3) is 0 Å². The fourth-order valence-electron chi connectivity index (χ4n) is 4.44. The van der Waals surface area contributed by atoms with E-state index in [-0.39, 0.29) is 52.5 Å². The molecule has 0 spiro atoms.